The first-order chi connectivity index (χ1) is 4.61. The normalized spacial score (nSPS) is 9.80. The van der Waals surface area contributed by atoms with Crippen molar-refractivity contribution in [2.45, 2.75) is 6.92 Å². The van der Waals surface area contributed by atoms with E-state index in [0.717, 1.165) is 17.4 Å². The molecule has 10 heavy (non-hydrogen) atoms. The molecule has 1 aromatic heterocycles. The summed E-state index contributed by atoms with van der Waals surface area (Å²) in [6, 6.07) is 1.03. The molecule has 0 fully saturated rings. The van der Waals surface area contributed by atoms with Gasteiger partial charge in [0, 0.05) is 4.88 Å². The van der Waals surface area contributed by atoms with Gasteiger partial charge in [-0.2, -0.15) is 4.39 Å². The molecule has 0 radical (unpaired) electrons. The number of hydrogen-bond acceptors (Lipinski definition) is 2. The summed E-state index contributed by atoms with van der Waals surface area (Å²) >= 11 is 0.850. The van der Waals surface area contributed by atoms with E-state index < -0.39 is 11.1 Å². The molecule has 0 unspecified atom stereocenters. The summed E-state index contributed by atoms with van der Waals surface area (Å²) in [5.41, 5.74) is 0.0579. The van der Waals surface area contributed by atoms with Gasteiger partial charge in [-0.15, -0.1) is 11.3 Å². The molecule has 0 aliphatic heterocycles. The maximum atomic E-state index is 12.3. The summed E-state index contributed by atoms with van der Waals surface area (Å²) in [5.74, 6) is -1.07. The number of aryl methyl sites for hydroxylation is 1. The second-order valence-electron chi connectivity index (χ2n) is 1.83. The number of rotatable bonds is 1. The SMILES string of the molecule is Cc1sc(F)cc1C(=O)O. The molecular formula is C6H5FO2S. The maximum absolute atomic E-state index is 12.3. The first-order valence-electron chi connectivity index (χ1n) is 2.60. The standard InChI is InChI=1S/C6H5FO2S/c1-3-4(6(8)9)2-5(7)10-3/h2H,1H3,(H,8,9). The summed E-state index contributed by atoms with van der Waals surface area (Å²) in [7, 11) is 0. The molecule has 1 rings (SSSR count). The van der Waals surface area contributed by atoms with Crippen molar-refractivity contribution in [1.82, 2.24) is 0 Å². The molecule has 0 amide bonds. The third-order valence-electron chi connectivity index (χ3n) is 1.12. The minimum atomic E-state index is -1.07. The Kier molecular flexibility index (Phi) is 1.72. The Morgan fingerprint density at radius 1 is 1.80 bits per heavy atom. The van der Waals surface area contributed by atoms with E-state index in [2.05, 4.69) is 0 Å². The highest BCUT2D eigenvalue weighted by molar-refractivity contribution is 7.10. The Hall–Kier alpha value is -0.900. The number of thiophene rings is 1. The zero-order chi connectivity index (χ0) is 7.72. The summed E-state index contributed by atoms with van der Waals surface area (Å²) in [6.07, 6.45) is 0. The van der Waals surface area contributed by atoms with Crippen LogP contribution in [0.15, 0.2) is 6.07 Å². The molecule has 0 aliphatic carbocycles. The van der Waals surface area contributed by atoms with E-state index in [-0.39, 0.29) is 5.56 Å². The summed E-state index contributed by atoms with van der Waals surface area (Å²) in [4.78, 5) is 10.8. The number of halogens is 1. The van der Waals surface area contributed by atoms with Gasteiger partial charge in [-0.3, -0.25) is 0 Å². The van der Waals surface area contributed by atoms with Crippen LogP contribution in [-0.2, 0) is 0 Å². The van der Waals surface area contributed by atoms with E-state index in [0.29, 0.717) is 4.88 Å². The van der Waals surface area contributed by atoms with Crippen molar-refractivity contribution in [3.8, 4) is 0 Å². The molecule has 0 spiro atoms. The van der Waals surface area contributed by atoms with Crippen LogP contribution >= 0.6 is 11.3 Å². The van der Waals surface area contributed by atoms with Gasteiger partial charge in [0.2, 0.25) is 0 Å². The molecule has 0 aromatic carbocycles. The van der Waals surface area contributed by atoms with Crippen molar-refractivity contribution in [1.29, 1.82) is 0 Å². The van der Waals surface area contributed by atoms with Crippen LogP contribution in [0.25, 0.3) is 0 Å². The van der Waals surface area contributed by atoms with E-state index in [1.54, 1.807) is 6.92 Å². The third-order valence-corrected chi connectivity index (χ3v) is 1.96. The molecular weight excluding hydrogens is 155 g/mol. The number of carboxylic acids is 1. The Morgan fingerprint density at radius 3 is 2.60 bits per heavy atom. The van der Waals surface area contributed by atoms with Gasteiger partial charge in [0.05, 0.1) is 5.56 Å². The van der Waals surface area contributed by atoms with Crippen LogP contribution in [0.2, 0.25) is 0 Å². The average Bonchev–Trinajstić information content (AvgIpc) is 2.10. The Balaban J connectivity index is 3.15. The van der Waals surface area contributed by atoms with E-state index in [1.807, 2.05) is 0 Å². The molecule has 1 aromatic rings. The van der Waals surface area contributed by atoms with Crippen LogP contribution in [0, 0.1) is 12.1 Å². The van der Waals surface area contributed by atoms with Gasteiger partial charge < -0.3 is 5.11 Å². The number of carboxylic acid groups (broad SMARTS) is 1. The van der Waals surface area contributed by atoms with Crippen molar-refractivity contribution in [2.75, 3.05) is 0 Å². The fourth-order valence-electron chi connectivity index (χ4n) is 0.658. The van der Waals surface area contributed by atoms with E-state index >= 15 is 0 Å². The van der Waals surface area contributed by atoms with Crippen molar-refractivity contribution in [3.63, 3.8) is 0 Å². The molecule has 0 bridgehead atoms. The Labute approximate surface area is 60.9 Å². The minimum Gasteiger partial charge on any atom is -0.478 e. The molecule has 0 aliphatic rings. The minimum absolute atomic E-state index is 0.0579. The predicted molar refractivity (Wildman–Crippen MR) is 36.0 cm³/mol. The lowest BCUT2D eigenvalue weighted by molar-refractivity contribution is 0.0696. The zero-order valence-corrected chi connectivity index (χ0v) is 6.04. The second kappa shape index (κ2) is 2.38. The largest absolute Gasteiger partial charge is 0.478 e. The number of aromatic carboxylic acids is 1. The highest BCUT2D eigenvalue weighted by atomic mass is 32.1. The van der Waals surface area contributed by atoms with Crippen molar-refractivity contribution in [2.24, 2.45) is 0 Å². The summed E-state index contributed by atoms with van der Waals surface area (Å²) < 4.78 is 12.3. The van der Waals surface area contributed by atoms with Gasteiger partial charge in [0.15, 0.2) is 5.13 Å². The van der Waals surface area contributed by atoms with Gasteiger partial charge in [0.25, 0.3) is 0 Å². The molecule has 0 saturated heterocycles. The first kappa shape index (κ1) is 7.21. The quantitative estimate of drug-likeness (QED) is 0.681. The molecule has 1 N–H and O–H groups in total. The molecule has 0 atom stereocenters. The van der Waals surface area contributed by atoms with Gasteiger partial charge in [-0.25, -0.2) is 4.79 Å². The lowest BCUT2D eigenvalue weighted by Crippen LogP contribution is -1.94. The molecule has 1 heterocycles. The van der Waals surface area contributed by atoms with Gasteiger partial charge in [0.1, 0.15) is 0 Å². The number of hydrogen-bond donors (Lipinski definition) is 1. The number of carbonyl (C=O) groups is 1. The highest BCUT2D eigenvalue weighted by Crippen LogP contribution is 2.19. The van der Waals surface area contributed by atoms with Gasteiger partial charge >= 0.3 is 5.97 Å². The fourth-order valence-corrected chi connectivity index (χ4v) is 1.38. The van der Waals surface area contributed by atoms with Crippen LogP contribution in [0.1, 0.15) is 15.2 Å². The van der Waals surface area contributed by atoms with E-state index in [1.165, 1.54) is 0 Å². The topological polar surface area (TPSA) is 37.3 Å². The first-order valence-corrected chi connectivity index (χ1v) is 3.42. The van der Waals surface area contributed by atoms with Crippen molar-refractivity contribution < 1.29 is 14.3 Å². The van der Waals surface area contributed by atoms with E-state index in [9.17, 15) is 9.18 Å². The van der Waals surface area contributed by atoms with Crippen LogP contribution in [0.5, 0.6) is 0 Å². The third kappa shape index (κ3) is 1.16. The second-order valence-corrected chi connectivity index (χ2v) is 3.03. The average molecular weight is 160 g/mol. The molecule has 4 heteroatoms. The predicted octanol–water partition coefficient (Wildman–Crippen LogP) is 1.89. The smallest absolute Gasteiger partial charge is 0.336 e. The van der Waals surface area contributed by atoms with Crippen molar-refractivity contribution >= 4 is 17.3 Å². The van der Waals surface area contributed by atoms with Gasteiger partial charge in [-0.05, 0) is 13.0 Å². The molecule has 54 valence electrons. The Bertz CT molecular complexity index is 267. The van der Waals surface area contributed by atoms with Crippen LogP contribution < -0.4 is 0 Å². The van der Waals surface area contributed by atoms with Crippen molar-refractivity contribution in [3.05, 3.63) is 21.6 Å². The molecule has 0 saturated carbocycles. The monoisotopic (exact) mass is 160 g/mol. The lowest BCUT2D eigenvalue weighted by atomic mass is 10.3. The van der Waals surface area contributed by atoms with Crippen LogP contribution in [-0.4, -0.2) is 11.1 Å². The zero-order valence-electron chi connectivity index (χ0n) is 5.22. The van der Waals surface area contributed by atoms with Crippen LogP contribution in [0.4, 0.5) is 4.39 Å². The fraction of sp³-hybridized carbons (Fsp3) is 0.167. The lowest BCUT2D eigenvalue weighted by Gasteiger charge is -1.85. The Morgan fingerprint density at radius 2 is 2.40 bits per heavy atom. The van der Waals surface area contributed by atoms with E-state index in [4.69, 9.17) is 5.11 Å². The summed E-state index contributed by atoms with van der Waals surface area (Å²) in [6.45, 7) is 1.58. The highest BCUT2D eigenvalue weighted by Gasteiger charge is 2.10. The van der Waals surface area contributed by atoms with Gasteiger partial charge in [-0.1, -0.05) is 0 Å². The summed E-state index contributed by atoms with van der Waals surface area (Å²) in [5, 5.41) is 7.97. The maximum Gasteiger partial charge on any atom is 0.336 e. The van der Waals surface area contributed by atoms with Crippen LogP contribution in [0.3, 0.4) is 0 Å². The molecule has 2 nitrogen and oxygen atoms in total.